The lowest BCUT2D eigenvalue weighted by Crippen LogP contribution is -2.14. The molecule has 0 radical (unpaired) electrons. The molecule has 2 aromatic heterocycles. The molecule has 39 heavy (non-hydrogen) atoms. The molecular formula is C27H22Cl2F3N3O4. The minimum atomic E-state index is -4.77. The monoisotopic (exact) mass is 579 g/mol. The number of anilines is 1. The van der Waals surface area contributed by atoms with E-state index in [9.17, 15) is 18.0 Å². The van der Waals surface area contributed by atoms with Crippen molar-refractivity contribution >= 4 is 34.9 Å². The number of aromatic nitrogens is 2. The van der Waals surface area contributed by atoms with E-state index >= 15 is 0 Å². The van der Waals surface area contributed by atoms with E-state index in [1.165, 1.54) is 36.4 Å². The molecule has 0 saturated carbocycles. The summed E-state index contributed by atoms with van der Waals surface area (Å²) in [6.07, 6.45) is -4.77. The van der Waals surface area contributed by atoms with Gasteiger partial charge < -0.3 is 19.7 Å². The Morgan fingerprint density at radius 2 is 1.74 bits per heavy atom. The number of ether oxygens (including phenoxy) is 1. The van der Waals surface area contributed by atoms with Crippen LogP contribution in [0.4, 0.5) is 18.9 Å². The van der Waals surface area contributed by atoms with Gasteiger partial charge in [0.05, 0.1) is 26.9 Å². The molecule has 0 aliphatic rings. The van der Waals surface area contributed by atoms with Crippen LogP contribution in [0.3, 0.4) is 0 Å². The maximum atomic E-state index is 13.9. The van der Waals surface area contributed by atoms with E-state index in [0.29, 0.717) is 38.2 Å². The standard InChI is InChI=1S/C27H22Cl2F3N3O4/c1-14(2)24-17(23(35-39-24)22-18(28)4-3-5-19(22)29)13-38-21-11-10-20(25(34-21)27(30,31)32)33-12-15-6-8-16(9-7-15)26(36)37/h3-11,14,33H,12-13H2,1-2H3,(H,36,37). The van der Waals surface area contributed by atoms with Crippen molar-refractivity contribution in [1.82, 2.24) is 10.1 Å². The number of carbonyl (C=O) groups is 1. The number of benzene rings is 2. The third-order valence-electron chi connectivity index (χ3n) is 5.73. The normalized spacial score (nSPS) is 11.6. The maximum Gasteiger partial charge on any atom is 0.435 e. The highest BCUT2D eigenvalue weighted by Crippen LogP contribution is 2.39. The Balaban J connectivity index is 1.58. The van der Waals surface area contributed by atoms with Crippen molar-refractivity contribution in [3.63, 3.8) is 0 Å². The van der Waals surface area contributed by atoms with Gasteiger partial charge in [-0.25, -0.2) is 9.78 Å². The van der Waals surface area contributed by atoms with Crippen molar-refractivity contribution in [2.24, 2.45) is 0 Å². The number of halogens is 5. The molecular weight excluding hydrogens is 558 g/mol. The second-order valence-electron chi connectivity index (χ2n) is 8.81. The first kappa shape index (κ1) is 28.3. The molecule has 0 aliphatic heterocycles. The SMILES string of the molecule is CC(C)c1onc(-c2c(Cl)cccc2Cl)c1COc1ccc(NCc2ccc(C(=O)O)cc2)c(C(F)(F)F)n1. The van der Waals surface area contributed by atoms with Gasteiger partial charge in [-0.1, -0.05) is 60.4 Å². The largest absolute Gasteiger partial charge is 0.478 e. The van der Waals surface area contributed by atoms with E-state index in [0.717, 1.165) is 0 Å². The molecule has 0 saturated heterocycles. The van der Waals surface area contributed by atoms with Gasteiger partial charge in [0, 0.05) is 24.1 Å². The van der Waals surface area contributed by atoms with Gasteiger partial charge >= 0.3 is 12.1 Å². The summed E-state index contributed by atoms with van der Waals surface area (Å²) in [5.41, 5.74) is 0.494. The zero-order valence-corrected chi connectivity index (χ0v) is 22.2. The van der Waals surface area contributed by atoms with E-state index in [4.69, 9.17) is 37.6 Å². The zero-order valence-electron chi connectivity index (χ0n) is 20.6. The van der Waals surface area contributed by atoms with Gasteiger partial charge in [0.25, 0.3) is 0 Å². The number of hydrogen-bond acceptors (Lipinski definition) is 6. The van der Waals surface area contributed by atoms with Crippen LogP contribution < -0.4 is 10.1 Å². The van der Waals surface area contributed by atoms with E-state index in [1.54, 1.807) is 18.2 Å². The molecule has 0 aliphatic carbocycles. The summed E-state index contributed by atoms with van der Waals surface area (Å²) in [4.78, 5) is 14.7. The number of nitrogens with one attached hydrogen (secondary N) is 1. The first-order chi connectivity index (χ1) is 18.5. The number of carboxylic acids is 1. The lowest BCUT2D eigenvalue weighted by molar-refractivity contribution is -0.140. The third-order valence-corrected chi connectivity index (χ3v) is 6.36. The van der Waals surface area contributed by atoms with Crippen molar-refractivity contribution in [3.8, 4) is 17.1 Å². The summed E-state index contributed by atoms with van der Waals surface area (Å²) >= 11 is 12.7. The number of hydrogen-bond donors (Lipinski definition) is 2. The lowest BCUT2D eigenvalue weighted by Gasteiger charge is -2.16. The van der Waals surface area contributed by atoms with Gasteiger partial charge in [0.2, 0.25) is 5.88 Å². The number of aromatic carboxylic acids is 1. The van der Waals surface area contributed by atoms with Crippen LogP contribution in [0, 0.1) is 0 Å². The zero-order chi connectivity index (χ0) is 28.3. The van der Waals surface area contributed by atoms with Gasteiger partial charge in [-0.15, -0.1) is 0 Å². The molecule has 4 aromatic rings. The van der Waals surface area contributed by atoms with E-state index in [2.05, 4.69) is 15.5 Å². The van der Waals surface area contributed by atoms with Crippen molar-refractivity contribution in [3.05, 3.63) is 92.8 Å². The molecule has 7 nitrogen and oxygen atoms in total. The molecule has 2 N–H and O–H groups in total. The predicted octanol–water partition coefficient (Wildman–Crippen LogP) is 8.07. The quantitative estimate of drug-likeness (QED) is 0.207. The molecule has 204 valence electrons. The molecule has 2 heterocycles. The summed E-state index contributed by atoms with van der Waals surface area (Å²) in [7, 11) is 0. The third kappa shape index (κ3) is 6.46. The summed E-state index contributed by atoms with van der Waals surface area (Å²) < 4.78 is 52.8. The fourth-order valence-electron chi connectivity index (χ4n) is 3.82. The van der Waals surface area contributed by atoms with Gasteiger partial charge in [-0.05, 0) is 35.9 Å². The Morgan fingerprint density at radius 3 is 2.33 bits per heavy atom. The first-order valence-electron chi connectivity index (χ1n) is 11.7. The Kier molecular flexibility index (Phi) is 8.36. The molecule has 0 atom stereocenters. The highest BCUT2D eigenvalue weighted by atomic mass is 35.5. The van der Waals surface area contributed by atoms with Crippen LogP contribution in [0.1, 0.15) is 52.7 Å². The molecule has 0 unspecified atom stereocenters. The van der Waals surface area contributed by atoms with Crippen molar-refractivity contribution in [1.29, 1.82) is 0 Å². The second kappa shape index (κ2) is 11.5. The number of nitrogens with zero attached hydrogens (tertiary/aromatic N) is 2. The minimum Gasteiger partial charge on any atom is -0.478 e. The van der Waals surface area contributed by atoms with Gasteiger partial charge in [-0.2, -0.15) is 13.2 Å². The van der Waals surface area contributed by atoms with Gasteiger partial charge in [0.1, 0.15) is 18.1 Å². The van der Waals surface area contributed by atoms with Crippen molar-refractivity contribution in [2.75, 3.05) is 5.32 Å². The Hall–Kier alpha value is -3.76. The summed E-state index contributed by atoms with van der Waals surface area (Å²) in [6, 6.07) is 13.3. The molecule has 0 fully saturated rings. The van der Waals surface area contributed by atoms with Crippen LogP contribution in [-0.4, -0.2) is 21.2 Å². The smallest absolute Gasteiger partial charge is 0.435 e. The van der Waals surface area contributed by atoms with Crippen LogP contribution in [0.15, 0.2) is 59.1 Å². The number of rotatable bonds is 9. The average Bonchev–Trinajstić information content (AvgIpc) is 3.30. The van der Waals surface area contributed by atoms with E-state index < -0.39 is 17.8 Å². The highest BCUT2D eigenvalue weighted by Gasteiger charge is 2.36. The second-order valence-corrected chi connectivity index (χ2v) is 9.63. The summed E-state index contributed by atoms with van der Waals surface area (Å²) in [5, 5.41) is 16.5. The summed E-state index contributed by atoms with van der Waals surface area (Å²) in [5.74, 6) is -0.988. The lowest BCUT2D eigenvalue weighted by atomic mass is 10.0. The average molecular weight is 580 g/mol. The van der Waals surface area contributed by atoms with Crippen LogP contribution in [0.5, 0.6) is 5.88 Å². The van der Waals surface area contributed by atoms with Crippen LogP contribution in [0.25, 0.3) is 11.3 Å². The van der Waals surface area contributed by atoms with Crippen molar-refractivity contribution in [2.45, 2.75) is 39.1 Å². The molecule has 4 rings (SSSR count). The maximum absolute atomic E-state index is 13.9. The topological polar surface area (TPSA) is 97.5 Å². The van der Waals surface area contributed by atoms with Crippen molar-refractivity contribution < 1.29 is 32.3 Å². The van der Waals surface area contributed by atoms with Gasteiger partial charge in [0.15, 0.2) is 5.69 Å². The number of alkyl halides is 3. The first-order valence-corrected chi connectivity index (χ1v) is 12.4. The molecule has 0 spiro atoms. The van der Waals surface area contributed by atoms with E-state index in [-0.39, 0.29) is 36.2 Å². The molecule has 0 bridgehead atoms. The minimum absolute atomic E-state index is 0.0191. The number of pyridine rings is 1. The van der Waals surface area contributed by atoms with E-state index in [1.807, 2.05) is 13.8 Å². The molecule has 12 heteroatoms. The predicted molar refractivity (Wildman–Crippen MR) is 140 cm³/mol. The molecule has 0 amide bonds. The Labute approximate surface area is 231 Å². The summed E-state index contributed by atoms with van der Waals surface area (Å²) in [6.45, 7) is 3.57. The highest BCUT2D eigenvalue weighted by molar-refractivity contribution is 6.39. The van der Waals surface area contributed by atoms with Crippen LogP contribution in [0.2, 0.25) is 10.0 Å². The Morgan fingerprint density at radius 1 is 1.08 bits per heavy atom. The van der Waals surface area contributed by atoms with Crippen LogP contribution in [-0.2, 0) is 19.3 Å². The Bertz CT molecular complexity index is 1470. The van der Waals surface area contributed by atoms with Gasteiger partial charge in [-0.3, -0.25) is 0 Å². The fraction of sp³-hybridized carbons (Fsp3) is 0.222. The molecule has 2 aromatic carbocycles. The fourth-order valence-corrected chi connectivity index (χ4v) is 4.40. The van der Waals surface area contributed by atoms with Crippen LogP contribution >= 0.6 is 23.2 Å². The number of carboxylic acid groups (broad SMARTS) is 1.